The molecule has 0 aliphatic carbocycles. The van der Waals surface area contributed by atoms with Crippen LogP contribution in [0.5, 0.6) is 0 Å². The summed E-state index contributed by atoms with van der Waals surface area (Å²) < 4.78 is 29.6. The molecule has 2 N–H and O–H groups in total. The van der Waals surface area contributed by atoms with Gasteiger partial charge < -0.3 is 10.5 Å². The van der Waals surface area contributed by atoms with Crippen molar-refractivity contribution in [3.8, 4) is 0 Å². The van der Waals surface area contributed by atoms with Gasteiger partial charge in [0.1, 0.15) is 0 Å². The van der Waals surface area contributed by atoms with Gasteiger partial charge in [-0.05, 0) is 24.1 Å². The van der Waals surface area contributed by atoms with Crippen LogP contribution >= 0.6 is 0 Å². The highest BCUT2D eigenvalue weighted by Gasteiger charge is 2.14. The van der Waals surface area contributed by atoms with Crippen LogP contribution in [0.3, 0.4) is 0 Å². The van der Waals surface area contributed by atoms with Gasteiger partial charge in [0.25, 0.3) is 0 Å². The van der Waals surface area contributed by atoms with Crippen molar-refractivity contribution in [1.82, 2.24) is 0 Å². The molecule has 0 atom stereocenters. The number of sulfone groups is 1. The second-order valence-corrected chi connectivity index (χ2v) is 6.95. The summed E-state index contributed by atoms with van der Waals surface area (Å²) >= 11 is 0. The summed E-state index contributed by atoms with van der Waals surface area (Å²) in [6.07, 6.45) is 4.53. The number of rotatable bonds is 10. The molecule has 0 spiro atoms. The Kier molecular flexibility index (Phi) is 7.80. The van der Waals surface area contributed by atoms with Crippen LogP contribution in [0.1, 0.15) is 38.2 Å². The van der Waals surface area contributed by atoms with E-state index >= 15 is 0 Å². The van der Waals surface area contributed by atoms with Gasteiger partial charge in [-0.15, -0.1) is 0 Å². The Hall–Kier alpha value is -0.910. The van der Waals surface area contributed by atoms with Crippen molar-refractivity contribution in [1.29, 1.82) is 0 Å². The van der Waals surface area contributed by atoms with Crippen LogP contribution in [0, 0.1) is 0 Å². The average molecular weight is 299 g/mol. The number of nitrogens with two attached hydrogens (primary N) is 1. The van der Waals surface area contributed by atoms with E-state index < -0.39 is 9.84 Å². The van der Waals surface area contributed by atoms with Crippen molar-refractivity contribution in [3.63, 3.8) is 0 Å². The van der Waals surface area contributed by atoms with Crippen molar-refractivity contribution >= 4 is 9.84 Å². The Labute approximate surface area is 122 Å². The molecule has 20 heavy (non-hydrogen) atoms. The molecule has 0 amide bonds. The smallest absolute Gasteiger partial charge is 0.180 e. The first-order chi connectivity index (χ1) is 9.60. The Morgan fingerprint density at radius 2 is 1.95 bits per heavy atom. The van der Waals surface area contributed by atoms with Gasteiger partial charge in [-0.1, -0.05) is 38.3 Å². The molecule has 0 heterocycles. The lowest BCUT2D eigenvalue weighted by molar-refractivity contribution is 0.144. The first-order valence-corrected chi connectivity index (χ1v) is 8.85. The summed E-state index contributed by atoms with van der Waals surface area (Å²) in [5.41, 5.74) is 6.35. The van der Waals surface area contributed by atoms with E-state index in [2.05, 4.69) is 6.92 Å². The standard InChI is InChI=1S/C15H25NO3S/c1-2-3-4-5-9-19-10-11-20(17,18)15-8-6-7-14(12-15)13-16/h6-8,12H,2-5,9-11,13,16H2,1H3. The Morgan fingerprint density at radius 1 is 1.15 bits per heavy atom. The first-order valence-electron chi connectivity index (χ1n) is 7.19. The summed E-state index contributed by atoms with van der Waals surface area (Å²) in [5.74, 6) is 0.0226. The molecule has 4 nitrogen and oxygen atoms in total. The monoisotopic (exact) mass is 299 g/mol. The van der Waals surface area contributed by atoms with Gasteiger partial charge >= 0.3 is 0 Å². The molecule has 0 radical (unpaired) electrons. The zero-order valence-corrected chi connectivity index (χ0v) is 13.0. The fourth-order valence-electron chi connectivity index (χ4n) is 1.89. The summed E-state index contributed by atoms with van der Waals surface area (Å²) in [7, 11) is -3.27. The third-order valence-electron chi connectivity index (χ3n) is 3.13. The SMILES string of the molecule is CCCCCCOCCS(=O)(=O)c1cccc(CN)c1. The van der Waals surface area contributed by atoms with Crippen molar-refractivity contribution < 1.29 is 13.2 Å². The van der Waals surface area contributed by atoms with Crippen LogP contribution < -0.4 is 5.73 Å². The second kappa shape index (κ2) is 9.10. The van der Waals surface area contributed by atoms with Crippen LogP contribution in [0.25, 0.3) is 0 Å². The van der Waals surface area contributed by atoms with Crippen LogP contribution in [-0.4, -0.2) is 27.4 Å². The van der Waals surface area contributed by atoms with E-state index in [0.29, 0.717) is 18.0 Å². The zero-order chi connectivity index (χ0) is 14.8. The maximum atomic E-state index is 12.1. The molecule has 0 aromatic heterocycles. The van der Waals surface area contributed by atoms with Gasteiger partial charge in [0.05, 0.1) is 17.3 Å². The number of hydrogen-bond donors (Lipinski definition) is 1. The first kappa shape index (κ1) is 17.1. The third-order valence-corrected chi connectivity index (χ3v) is 4.81. The number of ether oxygens (including phenoxy) is 1. The van der Waals surface area contributed by atoms with E-state index in [9.17, 15) is 8.42 Å². The Balaban J connectivity index is 2.37. The minimum absolute atomic E-state index is 0.0226. The molecule has 0 aliphatic rings. The van der Waals surface area contributed by atoms with Gasteiger partial charge in [-0.2, -0.15) is 0 Å². The summed E-state index contributed by atoms with van der Waals surface area (Å²) in [6, 6.07) is 6.79. The highest BCUT2D eigenvalue weighted by Crippen LogP contribution is 2.13. The molecule has 0 aliphatic heterocycles. The van der Waals surface area contributed by atoms with E-state index in [1.165, 1.54) is 12.8 Å². The van der Waals surface area contributed by atoms with Gasteiger partial charge in [0.2, 0.25) is 0 Å². The molecule has 0 unspecified atom stereocenters. The maximum Gasteiger partial charge on any atom is 0.180 e. The molecular formula is C15H25NO3S. The lowest BCUT2D eigenvalue weighted by Crippen LogP contribution is -2.13. The number of unbranched alkanes of at least 4 members (excludes halogenated alkanes) is 3. The third kappa shape index (κ3) is 6.03. The topological polar surface area (TPSA) is 69.4 Å². The highest BCUT2D eigenvalue weighted by atomic mass is 32.2. The van der Waals surface area contributed by atoms with E-state index in [1.807, 2.05) is 6.07 Å². The lowest BCUT2D eigenvalue weighted by Gasteiger charge is -2.07. The van der Waals surface area contributed by atoms with Crippen molar-refractivity contribution in [2.45, 2.75) is 44.0 Å². The molecule has 5 heteroatoms. The van der Waals surface area contributed by atoms with Crippen LogP contribution in [0.15, 0.2) is 29.2 Å². The van der Waals surface area contributed by atoms with E-state index in [1.54, 1.807) is 18.2 Å². The molecule has 0 saturated heterocycles. The largest absolute Gasteiger partial charge is 0.380 e. The quantitative estimate of drug-likeness (QED) is 0.674. The number of hydrogen-bond acceptors (Lipinski definition) is 4. The van der Waals surface area contributed by atoms with Crippen molar-refractivity contribution in [2.75, 3.05) is 19.0 Å². The normalized spacial score (nSPS) is 11.7. The highest BCUT2D eigenvalue weighted by molar-refractivity contribution is 7.91. The van der Waals surface area contributed by atoms with E-state index in [-0.39, 0.29) is 12.4 Å². The predicted octanol–water partition coefficient (Wildman–Crippen LogP) is 2.52. The van der Waals surface area contributed by atoms with Gasteiger partial charge in [0, 0.05) is 13.2 Å². The average Bonchev–Trinajstić information content (AvgIpc) is 2.46. The minimum Gasteiger partial charge on any atom is -0.380 e. The molecule has 1 aromatic rings. The molecular weight excluding hydrogens is 274 g/mol. The van der Waals surface area contributed by atoms with E-state index in [0.717, 1.165) is 18.4 Å². The van der Waals surface area contributed by atoms with Gasteiger partial charge in [-0.25, -0.2) is 8.42 Å². The van der Waals surface area contributed by atoms with Crippen LogP contribution in [-0.2, 0) is 21.1 Å². The molecule has 0 saturated carbocycles. The van der Waals surface area contributed by atoms with Gasteiger partial charge in [-0.3, -0.25) is 0 Å². The maximum absolute atomic E-state index is 12.1. The lowest BCUT2D eigenvalue weighted by atomic mass is 10.2. The zero-order valence-electron chi connectivity index (χ0n) is 12.2. The number of benzene rings is 1. The van der Waals surface area contributed by atoms with Gasteiger partial charge in [0.15, 0.2) is 9.84 Å². The Morgan fingerprint density at radius 3 is 2.65 bits per heavy atom. The molecule has 114 valence electrons. The summed E-state index contributed by atoms with van der Waals surface area (Å²) in [5, 5.41) is 0. The fraction of sp³-hybridized carbons (Fsp3) is 0.600. The predicted molar refractivity (Wildman–Crippen MR) is 81.3 cm³/mol. The summed E-state index contributed by atoms with van der Waals surface area (Å²) in [4.78, 5) is 0.329. The van der Waals surface area contributed by atoms with Crippen LogP contribution in [0.2, 0.25) is 0 Å². The van der Waals surface area contributed by atoms with E-state index in [4.69, 9.17) is 10.5 Å². The molecule has 1 aromatic carbocycles. The minimum atomic E-state index is -3.27. The fourth-order valence-corrected chi connectivity index (χ4v) is 3.08. The molecule has 1 rings (SSSR count). The summed E-state index contributed by atoms with van der Waals surface area (Å²) in [6.45, 7) is 3.39. The second-order valence-electron chi connectivity index (χ2n) is 4.84. The van der Waals surface area contributed by atoms with Crippen molar-refractivity contribution in [2.24, 2.45) is 5.73 Å². The molecule has 0 bridgehead atoms. The van der Waals surface area contributed by atoms with Crippen LogP contribution in [0.4, 0.5) is 0 Å². The Bertz CT molecular complexity index is 486. The molecule has 0 fully saturated rings. The van der Waals surface area contributed by atoms with Crippen molar-refractivity contribution in [3.05, 3.63) is 29.8 Å².